The summed E-state index contributed by atoms with van der Waals surface area (Å²) in [5.74, 6) is -1.15. The van der Waals surface area contributed by atoms with Gasteiger partial charge in [0.15, 0.2) is 0 Å². The lowest BCUT2D eigenvalue weighted by Gasteiger charge is -2.12. The molecule has 14 heavy (non-hydrogen) atoms. The predicted octanol–water partition coefficient (Wildman–Crippen LogP) is 1.82. The zero-order valence-electron chi connectivity index (χ0n) is 8.19. The fraction of sp³-hybridized carbons (Fsp3) is 0.364. The van der Waals surface area contributed by atoms with Crippen LogP contribution in [0.5, 0.6) is 0 Å². The molecule has 1 fully saturated rings. The van der Waals surface area contributed by atoms with Crippen molar-refractivity contribution in [2.45, 2.75) is 25.7 Å². The summed E-state index contributed by atoms with van der Waals surface area (Å²) in [6.07, 6.45) is -0.0613. The van der Waals surface area contributed by atoms with Crippen LogP contribution in [0.2, 0.25) is 0 Å². The van der Waals surface area contributed by atoms with Gasteiger partial charge in [-0.15, -0.1) is 0 Å². The molecule has 0 radical (unpaired) electrons. The Morgan fingerprint density at radius 1 is 1.43 bits per heavy atom. The molecule has 2 atom stereocenters. The molecule has 2 rings (SSSR count). The van der Waals surface area contributed by atoms with Crippen LogP contribution < -0.4 is 0 Å². The van der Waals surface area contributed by atoms with E-state index >= 15 is 0 Å². The molecule has 3 nitrogen and oxygen atoms in total. The highest BCUT2D eigenvalue weighted by Gasteiger charge is 2.58. The van der Waals surface area contributed by atoms with Crippen LogP contribution in [0.4, 0.5) is 0 Å². The fourth-order valence-electron chi connectivity index (χ4n) is 1.58. The Hall–Kier alpha value is -1.35. The minimum Gasteiger partial charge on any atom is -0.426 e. The highest BCUT2D eigenvalue weighted by molar-refractivity contribution is 5.67. The fourth-order valence-corrected chi connectivity index (χ4v) is 1.58. The molecule has 0 bridgehead atoms. The van der Waals surface area contributed by atoms with E-state index in [1.807, 2.05) is 37.3 Å². The second-order valence-electron chi connectivity index (χ2n) is 3.39. The van der Waals surface area contributed by atoms with Gasteiger partial charge in [-0.3, -0.25) is 4.79 Å². The van der Waals surface area contributed by atoms with Gasteiger partial charge in [-0.05, 0) is 6.92 Å². The van der Waals surface area contributed by atoms with Gasteiger partial charge in [0.05, 0.1) is 0 Å². The SMILES string of the molecule is CC(=O)OC1(c2ccccc2)O[C@@H]1C. The maximum Gasteiger partial charge on any atom is 0.305 e. The van der Waals surface area contributed by atoms with E-state index in [2.05, 4.69) is 0 Å². The molecule has 1 heterocycles. The van der Waals surface area contributed by atoms with E-state index in [0.717, 1.165) is 5.56 Å². The first kappa shape index (κ1) is 9.21. The Kier molecular flexibility index (Phi) is 2.04. The average molecular weight is 192 g/mol. The number of rotatable bonds is 2. The third-order valence-electron chi connectivity index (χ3n) is 2.30. The highest BCUT2D eigenvalue weighted by Crippen LogP contribution is 2.46. The molecular formula is C11H12O3. The summed E-state index contributed by atoms with van der Waals surface area (Å²) in [6.45, 7) is 3.27. The van der Waals surface area contributed by atoms with E-state index in [-0.39, 0.29) is 12.1 Å². The number of ether oxygens (including phenoxy) is 2. The first-order chi connectivity index (χ1) is 6.65. The van der Waals surface area contributed by atoms with Gasteiger partial charge >= 0.3 is 5.97 Å². The van der Waals surface area contributed by atoms with Crippen LogP contribution in [0.25, 0.3) is 0 Å². The summed E-state index contributed by atoms with van der Waals surface area (Å²) in [5.41, 5.74) is 0.891. The van der Waals surface area contributed by atoms with Gasteiger partial charge < -0.3 is 9.47 Å². The van der Waals surface area contributed by atoms with E-state index in [0.29, 0.717) is 0 Å². The topological polar surface area (TPSA) is 38.8 Å². The van der Waals surface area contributed by atoms with Crippen molar-refractivity contribution in [3.63, 3.8) is 0 Å². The van der Waals surface area contributed by atoms with Crippen molar-refractivity contribution in [3.8, 4) is 0 Å². The van der Waals surface area contributed by atoms with Gasteiger partial charge in [-0.2, -0.15) is 0 Å². The Morgan fingerprint density at radius 3 is 2.43 bits per heavy atom. The number of carbonyl (C=O) groups excluding carboxylic acids is 1. The summed E-state index contributed by atoms with van der Waals surface area (Å²) in [7, 11) is 0. The number of hydrogen-bond donors (Lipinski definition) is 0. The molecule has 0 aromatic heterocycles. The van der Waals surface area contributed by atoms with Crippen LogP contribution in [0.1, 0.15) is 19.4 Å². The van der Waals surface area contributed by atoms with Crippen LogP contribution in [0.3, 0.4) is 0 Å². The molecule has 1 aliphatic heterocycles. The maximum atomic E-state index is 10.9. The third kappa shape index (κ3) is 1.40. The largest absolute Gasteiger partial charge is 0.426 e. The lowest BCUT2D eigenvalue weighted by molar-refractivity contribution is -0.157. The number of hydrogen-bond acceptors (Lipinski definition) is 3. The Balaban J connectivity index is 2.27. The predicted molar refractivity (Wildman–Crippen MR) is 50.4 cm³/mol. The quantitative estimate of drug-likeness (QED) is 0.530. The molecule has 0 amide bonds. The van der Waals surface area contributed by atoms with Gasteiger partial charge in [0.2, 0.25) is 0 Å². The normalized spacial score (nSPS) is 29.7. The summed E-state index contributed by atoms with van der Waals surface area (Å²) in [5, 5.41) is 0. The molecule has 1 aromatic carbocycles. The van der Waals surface area contributed by atoms with Crippen molar-refractivity contribution >= 4 is 5.97 Å². The second kappa shape index (κ2) is 3.10. The van der Waals surface area contributed by atoms with Gasteiger partial charge in [0, 0.05) is 12.5 Å². The Labute approximate surface area is 82.6 Å². The number of esters is 1. The zero-order valence-corrected chi connectivity index (χ0v) is 8.19. The van der Waals surface area contributed by atoms with Crippen molar-refractivity contribution in [1.29, 1.82) is 0 Å². The Morgan fingerprint density at radius 2 is 2.00 bits per heavy atom. The number of epoxide rings is 1. The van der Waals surface area contributed by atoms with Crippen molar-refractivity contribution in [3.05, 3.63) is 35.9 Å². The zero-order chi connectivity index (χ0) is 10.2. The molecule has 1 saturated heterocycles. The summed E-state index contributed by atoms with van der Waals surface area (Å²) >= 11 is 0. The second-order valence-corrected chi connectivity index (χ2v) is 3.39. The smallest absolute Gasteiger partial charge is 0.305 e. The van der Waals surface area contributed by atoms with Crippen molar-refractivity contribution in [2.24, 2.45) is 0 Å². The van der Waals surface area contributed by atoms with Crippen LogP contribution in [-0.2, 0) is 20.1 Å². The molecule has 0 N–H and O–H groups in total. The van der Waals surface area contributed by atoms with E-state index < -0.39 is 5.79 Å². The molecule has 0 saturated carbocycles. The summed E-state index contributed by atoms with van der Waals surface area (Å²) in [6, 6.07) is 9.50. The lowest BCUT2D eigenvalue weighted by atomic mass is 10.1. The van der Waals surface area contributed by atoms with Crippen LogP contribution in [0, 0.1) is 0 Å². The first-order valence-electron chi connectivity index (χ1n) is 4.58. The van der Waals surface area contributed by atoms with Crippen LogP contribution in [0.15, 0.2) is 30.3 Å². The van der Waals surface area contributed by atoms with E-state index in [9.17, 15) is 4.79 Å². The van der Waals surface area contributed by atoms with Crippen molar-refractivity contribution in [1.82, 2.24) is 0 Å². The van der Waals surface area contributed by atoms with E-state index in [1.54, 1.807) is 0 Å². The van der Waals surface area contributed by atoms with Gasteiger partial charge in [-0.25, -0.2) is 0 Å². The molecule has 0 spiro atoms. The average Bonchev–Trinajstić information content (AvgIpc) is 2.78. The molecule has 3 heteroatoms. The monoisotopic (exact) mass is 192 g/mol. The molecular weight excluding hydrogens is 180 g/mol. The minimum atomic E-state index is -0.826. The molecule has 1 aromatic rings. The third-order valence-corrected chi connectivity index (χ3v) is 2.30. The van der Waals surface area contributed by atoms with Crippen molar-refractivity contribution in [2.75, 3.05) is 0 Å². The van der Waals surface area contributed by atoms with Crippen LogP contribution >= 0.6 is 0 Å². The molecule has 1 unspecified atom stereocenters. The van der Waals surface area contributed by atoms with Crippen molar-refractivity contribution < 1.29 is 14.3 Å². The lowest BCUT2D eigenvalue weighted by Crippen LogP contribution is -2.19. The van der Waals surface area contributed by atoms with Gasteiger partial charge in [0.25, 0.3) is 5.79 Å². The highest BCUT2D eigenvalue weighted by atomic mass is 16.8. The number of carbonyl (C=O) groups is 1. The Bertz CT molecular complexity index is 347. The molecule has 0 aliphatic carbocycles. The standard InChI is InChI=1S/C11H12O3/c1-8-11(13-8,14-9(2)12)10-6-4-3-5-7-10/h3-8H,1-2H3/t8-,11?/m1/s1. The van der Waals surface area contributed by atoms with Gasteiger partial charge in [0.1, 0.15) is 6.10 Å². The van der Waals surface area contributed by atoms with Crippen LogP contribution in [-0.4, -0.2) is 12.1 Å². The molecule has 1 aliphatic rings. The first-order valence-corrected chi connectivity index (χ1v) is 4.58. The van der Waals surface area contributed by atoms with E-state index in [1.165, 1.54) is 6.92 Å². The van der Waals surface area contributed by atoms with Gasteiger partial charge in [-0.1, -0.05) is 30.3 Å². The summed E-state index contributed by atoms with van der Waals surface area (Å²) < 4.78 is 10.5. The van der Waals surface area contributed by atoms with E-state index in [4.69, 9.17) is 9.47 Å². The minimum absolute atomic E-state index is 0.0613. The molecule has 74 valence electrons. The summed E-state index contributed by atoms with van der Waals surface area (Å²) in [4.78, 5) is 10.9. The maximum absolute atomic E-state index is 10.9. The number of benzene rings is 1.